The molecule has 0 aliphatic heterocycles. The van der Waals surface area contributed by atoms with E-state index in [1.165, 1.54) is 18.4 Å². The van der Waals surface area contributed by atoms with E-state index in [1.807, 2.05) is 30.3 Å². The van der Waals surface area contributed by atoms with Crippen molar-refractivity contribution in [2.24, 2.45) is 0 Å². The van der Waals surface area contributed by atoms with Gasteiger partial charge in [0.1, 0.15) is 0 Å². The smallest absolute Gasteiger partial charge is 0.320 e. The van der Waals surface area contributed by atoms with Gasteiger partial charge in [-0.2, -0.15) is 20.5 Å². The summed E-state index contributed by atoms with van der Waals surface area (Å²) in [7, 11) is -8.92. The summed E-state index contributed by atoms with van der Waals surface area (Å²) in [5.41, 5.74) is -1.56. The molecular formula is C22H20BrF2O5PS2. The van der Waals surface area contributed by atoms with Crippen molar-refractivity contribution in [1.29, 1.82) is 0 Å². The molecule has 3 aromatic rings. The maximum absolute atomic E-state index is 13.9. The molecule has 0 aliphatic rings. The highest BCUT2D eigenvalue weighted by molar-refractivity contribution is 9.10. The molecule has 33 heavy (non-hydrogen) atoms. The van der Waals surface area contributed by atoms with Crippen LogP contribution in [-0.4, -0.2) is 24.5 Å². The van der Waals surface area contributed by atoms with Crippen LogP contribution in [0, 0.1) is 0 Å². The Morgan fingerprint density at radius 2 is 1.55 bits per heavy atom. The second-order valence-electron chi connectivity index (χ2n) is 7.39. The molecule has 0 fully saturated rings. The number of alkyl halides is 2. The molecule has 0 amide bonds. The van der Waals surface area contributed by atoms with Gasteiger partial charge in [-0.1, -0.05) is 64.5 Å². The van der Waals surface area contributed by atoms with Gasteiger partial charge in [0.25, 0.3) is 0 Å². The van der Waals surface area contributed by atoms with Gasteiger partial charge in [-0.15, -0.1) is 0 Å². The van der Waals surface area contributed by atoms with Crippen molar-refractivity contribution >= 4 is 45.1 Å². The third-order valence-electron chi connectivity index (χ3n) is 4.81. The van der Waals surface area contributed by atoms with Crippen molar-refractivity contribution < 1.29 is 31.6 Å². The quantitative estimate of drug-likeness (QED) is 0.311. The largest absolute Gasteiger partial charge is 0.399 e. The fourth-order valence-electron chi connectivity index (χ4n) is 3.04. The Hall–Kier alpha value is -1.55. The molecule has 3 rings (SSSR count). The van der Waals surface area contributed by atoms with E-state index in [0.29, 0.717) is 11.5 Å². The van der Waals surface area contributed by atoms with E-state index in [4.69, 9.17) is 9.79 Å². The number of halogens is 3. The molecule has 0 aliphatic carbocycles. The van der Waals surface area contributed by atoms with Crippen LogP contribution in [-0.2, 0) is 31.6 Å². The highest BCUT2D eigenvalue weighted by Gasteiger charge is 2.51. The van der Waals surface area contributed by atoms with Gasteiger partial charge in [-0.3, -0.25) is 4.57 Å². The highest BCUT2D eigenvalue weighted by Crippen LogP contribution is 2.60. The predicted molar refractivity (Wildman–Crippen MR) is 130 cm³/mol. The third kappa shape index (κ3) is 6.32. The summed E-state index contributed by atoms with van der Waals surface area (Å²) in [5, 5.41) is 0. The van der Waals surface area contributed by atoms with Crippen molar-refractivity contribution in [3.63, 3.8) is 0 Å². The topological polar surface area (TPSA) is 91.7 Å². The molecule has 0 radical (unpaired) electrons. The van der Waals surface area contributed by atoms with E-state index in [2.05, 4.69) is 15.9 Å². The lowest BCUT2D eigenvalue weighted by Crippen LogP contribution is -2.14. The number of hydrogen-bond donors (Lipinski definition) is 2. The average molecular weight is 577 g/mol. The summed E-state index contributed by atoms with van der Waals surface area (Å²) in [4.78, 5) is 18.1. The van der Waals surface area contributed by atoms with Crippen molar-refractivity contribution in [3.05, 3.63) is 87.9 Å². The number of hydrogen-bond acceptors (Lipinski definition) is 4. The highest BCUT2D eigenvalue weighted by atomic mass is 79.9. The number of thioether (sulfide) groups is 1. The van der Waals surface area contributed by atoms with Gasteiger partial charge < -0.3 is 9.79 Å². The molecule has 2 N–H and O–H groups in total. The first-order valence-corrected chi connectivity index (χ1v) is 14.9. The second kappa shape index (κ2) is 9.98. The van der Waals surface area contributed by atoms with Crippen LogP contribution in [0.4, 0.5) is 8.78 Å². The lowest BCUT2D eigenvalue weighted by Gasteiger charge is -2.19. The molecule has 3 aromatic carbocycles. The zero-order valence-electron chi connectivity index (χ0n) is 17.3. The lowest BCUT2D eigenvalue weighted by molar-refractivity contribution is 0.0557. The van der Waals surface area contributed by atoms with Crippen molar-refractivity contribution in [2.45, 2.75) is 22.1 Å². The summed E-state index contributed by atoms with van der Waals surface area (Å²) >= 11 is 4.54. The second-order valence-corrected chi connectivity index (χ2v) is 12.9. The monoisotopic (exact) mass is 576 g/mol. The lowest BCUT2D eigenvalue weighted by atomic mass is 10.0. The summed E-state index contributed by atoms with van der Waals surface area (Å²) < 4.78 is 62.4. The Morgan fingerprint density at radius 3 is 2.12 bits per heavy atom. The summed E-state index contributed by atoms with van der Waals surface area (Å²) in [6.07, 6.45) is 1.17. The summed E-state index contributed by atoms with van der Waals surface area (Å²) in [6, 6.07) is 18.3. The van der Waals surface area contributed by atoms with E-state index < -0.39 is 28.7 Å². The summed E-state index contributed by atoms with van der Waals surface area (Å²) in [5.74, 6) is 1.17. The fraction of sp³-hybridized carbons (Fsp3) is 0.182. The molecule has 0 aromatic heterocycles. The Balaban J connectivity index is 1.64. The van der Waals surface area contributed by atoms with Crippen LogP contribution >= 0.6 is 35.3 Å². The molecule has 0 bridgehead atoms. The van der Waals surface area contributed by atoms with E-state index in [9.17, 15) is 21.8 Å². The van der Waals surface area contributed by atoms with Gasteiger partial charge >= 0.3 is 13.3 Å². The molecule has 0 saturated heterocycles. The number of benzene rings is 3. The van der Waals surface area contributed by atoms with E-state index in [1.54, 1.807) is 30.0 Å². The van der Waals surface area contributed by atoms with Crippen molar-refractivity contribution in [3.8, 4) is 11.1 Å². The fourth-order valence-corrected chi connectivity index (χ4v) is 5.99. The average Bonchev–Trinajstić information content (AvgIpc) is 2.73. The first kappa shape index (κ1) is 26.1. The van der Waals surface area contributed by atoms with E-state index in [-0.39, 0.29) is 9.37 Å². The van der Waals surface area contributed by atoms with Crippen LogP contribution in [0.15, 0.2) is 76.1 Å². The maximum atomic E-state index is 13.9. The van der Waals surface area contributed by atoms with Gasteiger partial charge in [-0.05, 0) is 40.5 Å². The first-order chi connectivity index (χ1) is 15.3. The molecule has 5 nitrogen and oxygen atoms in total. The van der Waals surface area contributed by atoms with Crippen molar-refractivity contribution in [1.82, 2.24) is 0 Å². The van der Waals surface area contributed by atoms with Gasteiger partial charge in [0, 0.05) is 27.8 Å². The predicted octanol–water partition coefficient (Wildman–Crippen LogP) is 6.18. The summed E-state index contributed by atoms with van der Waals surface area (Å²) in [6.45, 7) is 0. The van der Waals surface area contributed by atoms with Crippen LogP contribution < -0.4 is 0 Å². The molecular weight excluding hydrogens is 557 g/mol. The van der Waals surface area contributed by atoms with Crippen LogP contribution in [0.2, 0.25) is 0 Å². The Morgan fingerprint density at radius 1 is 0.939 bits per heavy atom. The third-order valence-corrected chi connectivity index (χ3v) is 8.62. The molecule has 11 heteroatoms. The van der Waals surface area contributed by atoms with Gasteiger partial charge in [0.2, 0.25) is 0 Å². The van der Waals surface area contributed by atoms with Gasteiger partial charge in [-0.25, -0.2) is 8.42 Å². The maximum Gasteiger partial charge on any atom is 0.399 e. The molecule has 0 unspecified atom stereocenters. The molecule has 0 spiro atoms. The zero-order chi connectivity index (χ0) is 24.4. The minimum Gasteiger partial charge on any atom is -0.320 e. The van der Waals surface area contributed by atoms with Gasteiger partial charge in [0.15, 0.2) is 9.84 Å². The van der Waals surface area contributed by atoms with Crippen molar-refractivity contribution in [2.75, 3.05) is 6.26 Å². The van der Waals surface area contributed by atoms with E-state index >= 15 is 0 Å². The van der Waals surface area contributed by atoms with Crippen LogP contribution in [0.3, 0.4) is 0 Å². The minimum absolute atomic E-state index is 0.0606. The van der Waals surface area contributed by atoms with E-state index in [0.717, 1.165) is 28.3 Å². The standard InChI is InChI=1S/C22H20BrF2O5PS2/c1-33(29,30)19-4-2-3-18(12-19)17-8-5-15(6-9-17)13-32-14-16-7-10-20(21(23)11-16)22(24,25)31(26,27)28/h2-12H,13-14H2,1H3,(H2,26,27,28). The number of sulfone groups is 1. The SMILES string of the molecule is CS(=O)(=O)c1cccc(-c2ccc(CSCc3ccc(C(F)(F)P(=O)(O)O)c(Br)c3)cc2)c1. The van der Waals surface area contributed by atoms with Crippen LogP contribution in [0.25, 0.3) is 11.1 Å². The number of rotatable bonds is 8. The molecule has 176 valence electrons. The molecule has 0 atom stereocenters. The first-order valence-electron chi connectivity index (χ1n) is 9.48. The minimum atomic E-state index is -5.63. The van der Waals surface area contributed by atoms with Crippen LogP contribution in [0.1, 0.15) is 16.7 Å². The molecule has 0 heterocycles. The Bertz CT molecular complexity index is 1310. The van der Waals surface area contributed by atoms with Gasteiger partial charge in [0.05, 0.1) is 4.90 Å². The zero-order valence-corrected chi connectivity index (χ0v) is 21.4. The Labute approximate surface area is 203 Å². The van der Waals surface area contributed by atoms with Crippen LogP contribution in [0.5, 0.6) is 0 Å². The molecule has 0 saturated carbocycles. The Kier molecular flexibility index (Phi) is 7.88. The normalized spacial score (nSPS) is 12.7.